The summed E-state index contributed by atoms with van der Waals surface area (Å²) in [5.74, 6) is -1.11. The second kappa shape index (κ2) is 4.32. The summed E-state index contributed by atoms with van der Waals surface area (Å²) in [6, 6.07) is -0.648. The van der Waals surface area contributed by atoms with E-state index in [0.29, 0.717) is 13.0 Å². The maximum Gasteiger partial charge on any atom is 0.352 e. The molecule has 0 saturated heterocycles. The molecule has 3 N–H and O–H groups in total. The van der Waals surface area contributed by atoms with Crippen LogP contribution in [0.3, 0.4) is 0 Å². The Morgan fingerprint density at radius 2 is 2.00 bits per heavy atom. The normalized spacial score (nSPS) is 25.5. The molecule has 112 valence electrons. The molecule has 1 aliphatic carbocycles. The summed E-state index contributed by atoms with van der Waals surface area (Å²) in [5, 5.41) is 9.38. The number of nitrogens with zero attached hydrogens (tertiary/aromatic N) is 1. The molecule has 0 radical (unpaired) electrons. The van der Waals surface area contributed by atoms with Gasteiger partial charge >= 0.3 is 5.97 Å². The molecule has 0 aromatic heterocycles. The Kier molecular flexibility index (Phi) is 3.25. The summed E-state index contributed by atoms with van der Waals surface area (Å²) < 4.78 is 0. The van der Waals surface area contributed by atoms with E-state index in [4.69, 9.17) is 5.73 Å². The number of carboxylic acid groups (broad SMARTS) is 1. The summed E-state index contributed by atoms with van der Waals surface area (Å²) >= 11 is 0. The first kappa shape index (κ1) is 15.0. The molecule has 0 bridgehead atoms. The lowest BCUT2D eigenvalue weighted by Crippen LogP contribution is -2.46. The number of fused-ring (bicyclic) bond motifs is 1. The Balaban J connectivity index is 2.19. The molecule has 1 fully saturated rings. The van der Waals surface area contributed by atoms with Gasteiger partial charge in [0, 0.05) is 12.5 Å². The van der Waals surface area contributed by atoms with Gasteiger partial charge in [0.05, 0.1) is 6.04 Å². The van der Waals surface area contributed by atoms with E-state index in [1.807, 2.05) is 34.6 Å². The topological polar surface area (TPSA) is 83.6 Å². The van der Waals surface area contributed by atoms with E-state index < -0.39 is 12.0 Å². The van der Waals surface area contributed by atoms with Crippen molar-refractivity contribution in [1.29, 1.82) is 0 Å². The lowest BCUT2D eigenvalue weighted by Gasteiger charge is -2.28. The first-order chi connectivity index (χ1) is 8.97. The smallest absolute Gasteiger partial charge is 0.352 e. The average molecular weight is 280 g/mol. The Hall–Kier alpha value is -1.36. The summed E-state index contributed by atoms with van der Waals surface area (Å²) in [7, 11) is 0. The lowest BCUT2D eigenvalue weighted by atomic mass is 9.88. The molecule has 0 spiro atoms. The number of rotatable bonds is 3. The minimum absolute atomic E-state index is 0.0620. The summed E-state index contributed by atoms with van der Waals surface area (Å²) in [4.78, 5) is 25.3. The van der Waals surface area contributed by atoms with Gasteiger partial charge in [-0.1, -0.05) is 34.6 Å². The third-order valence-electron chi connectivity index (χ3n) is 4.34. The van der Waals surface area contributed by atoms with E-state index in [0.717, 1.165) is 5.57 Å². The minimum atomic E-state index is -1.02. The maximum absolute atomic E-state index is 12.4. The highest BCUT2D eigenvalue weighted by Crippen LogP contribution is 2.63. The van der Waals surface area contributed by atoms with E-state index in [1.54, 1.807) is 0 Å². The molecule has 2 aliphatic rings. The van der Waals surface area contributed by atoms with E-state index in [9.17, 15) is 14.7 Å². The molecule has 0 aromatic rings. The van der Waals surface area contributed by atoms with Crippen molar-refractivity contribution in [1.82, 2.24) is 4.90 Å². The number of nitrogens with two attached hydrogens (primary N) is 1. The van der Waals surface area contributed by atoms with E-state index in [-0.39, 0.29) is 28.4 Å². The van der Waals surface area contributed by atoms with Gasteiger partial charge in [-0.3, -0.25) is 4.79 Å². The molecule has 1 amide bonds. The number of hydrogen-bond donors (Lipinski definition) is 2. The Labute approximate surface area is 119 Å². The van der Waals surface area contributed by atoms with Crippen molar-refractivity contribution < 1.29 is 14.7 Å². The predicted molar refractivity (Wildman–Crippen MR) is 75.7 cm³/mol. The largest absolute Gasteiger partial charge is 0.477 e. The van der Waals surface area contributed by atoms with Crippen LogP contribution in [0, 0.1) is 16.7 Å². The van der Waals surface area contributed by atoms with Gasteiger partial charge in [0.15, 0.2) is 0 Å². The first-order valence-corrected chi connectivity index (χ1v) is 7.01. The monoisotopic (exact) mass is 280 g/mol. The van der Waals surface area contributed by atoms with E-state index in [1.165, 1.54) is 4.90 Å². The van der Waals surface area contributed by atoms with Crippen LogP contribution < -0.4 is 5.73 Å². The molecule has 1 aliphatic heterocycles. The number of amides is 1. The van der Waals surface area contributed by atoms with Gasteiger partial charge in [0.25, 0.3) is 0 Å². The van der Waals surface area contributed by atoms with Gasteiger partial charge in [0.1, 0.15) is 5.70 Å². The number of aliphatic carboxylic acids is 1. The van der Waals surface area contributed by atoms with Gasteiger partial charge in [-0.25, -0.2) is 4.79 Å². The molecule has 1 heterocycles. The lowest BCUT2D eigenvalue weighted by molar-refractivity contribution is -0.140. The van der Waals surface area contributed by atoms with Gasteiger partial charge in [-0.15, -0.1) is 0 Å². The minimum Gasteiger partial charge on any atom is -0.477 e. The van der Waals surface area contributed by atoms with Crippen LogP contribution in [0.1, 0.15) is 41.0 Å². The number of carbonyl (C=O) groups is 2. The van der Waals surface area contributed by atoms with Crippen LogP contribution in [0.2, 0.25) is 0 Å². The SMILES string of the molecule is CC(C)(C)C[C@H](N)C(=O)N1CC2C(=C1C(=O)O)C2(C)C. The molecule has 5 heteroatoms. The fourth-order valence-electron chi connectivity index (χ4n) is 3.23. The van der Waals surface area contributed by atoms with Crippen LogP contribution in [0.4, 0.5) is 0 Å². The second-order valence-electron chi connectivity index (χ2n) is 7.66. The highest BCUT2D eigenvalue weighted by molar-refractivity contribution is 5.97. The predicted octanol–water partition coefficient (Wildman–Crippen LogP) is 1.59. The van der Waals surface area contributed by atoms with Crippen molar-refractivity contribution in [3.05, 3.63) is 11.3 Å². The molecule has 1 saturated carbocycles. The van der Waals surface area contributed by atoms with Gasteiger partial charge < -0.3 is 15.7 Å². The van der Waals surface area contributed by atoms with E-state index in [2.05, 4.69) is 0 Å². The third-order valence-corrected chi connectivity index (χ3v) is 4.34. The van der Waals surface area contributed by atoms with Gasteiger partial charge in [-0.05, 0) is 22.8 Å². The van der Waals surface area contributed by atoms with Gasteiger partial charge in [0.2, 0.25) is 5.91 Å². The molecular formula is C15H24N2O3. The van der Waals surface area contributed by atoms with Gasteiger partial charge in [-0.2, -0.15) is 0 Å². The standard InChI is InChI=1S/C15H24N2O3/c1-14(2,3)6-9(16)12(18)17-7-8-10(15(8,4)5)11(17)13(19)20/h8-9H,6-7,16H2,1-5H3,(H,19,20)/t8?,9-/m0/s1. The van der Waals surface area contributed by atoms with Crippen LogP contribution in [0.5, 0.6) is 0 Å². The first-order valence-electron chi connectivity index (χ1n) is 7.01. The number of carboxylic acids is 1. The van der Waals surface area contributed by atoms with Crippen molar-refractivity contribution in [2.45, 2.75) is 47.1 Å². The highest BCUT2D eigenvalue weighted by atomic mass is 16.4. The summed E-state index contributed by atoms with van der Waals surface area (Å²) in [6.07, 6.45) is 0.540. The number of carbonyl (C=O) groups excluding carboxylic acids is 1. The maximum atomic E-state index is 12.4. The fourth-order valence-corrected chi connectivity index (χ4v) is 3.23. The Bertz CT molecular complexity index is 500. The fraction of sp³-hybridized carbons (Fsp3) is 0.733. The van der Waals surface area contributed by atoms with Crippen LogP contribution in [-0.2, 0) is 9.59 Å². The Morgan fingerprint density at radius 1 is 1.45 bits per heavy atom. The van der Waals surface area contributed by atoms with Crippen LogP contribution in [0.25, 0.3) is 0 Å². The van der Waals surface area contributed by atoms with Crippen LogP contribution >= 0.6 is 0 Å². The number of hydrogen-bond acceptors (Lipinski definition) is 3. The third kappa shape index (κ3) is 2.35. The molecule has 2 rings (SSSR count). The zero-order valence-corrected chi connectivity index (χ0v) is 12.9. The van der Waals surface area contributed by atoms with E-state index >= 15 is 0 Å². The average Bonchev–Trinajstić information content (AvgIpc) is 2.68. The Morgan fingerprint density at radius 3 is 2.45 bits per heavy atom. The zero-order chi connectivity index (χ0) is 15.5. The molecule has 0 aromatic carbocycles. The zero-order valence-electron chi connectivity index (χ0n) is 12.9. The highest BCUT2D eigenvalue weighted by Gasteiger charge is 2.61. The molecule has 5 nitrogen and oxygen atoms in total. The van der Waals surface area contributed by atoms with Crippen LogP contribution in [-0.4, -0.2) is 34.5 Å². The second-order valence-corrected chi connectivity index (χ2v) is 7.66. The molecule has 1 unspecified atom stereocenters. The van der Waals surface area contributed by atoms with Crippen molar-refractivity contribution >= 4 is 11.9 Å². The van der Waals surface area contributed by atoms with Crippen molar-refractivity contribution in [3.63, 3.8) is 0 Å². The molecule has 2 atom stereocenters. The molecular weight excluding hydrogens is 256 g/mol. The van der Waals surface area contributed by atoms with Crippen molar-refractivity contribution in [2.75, 3.05) is 6.54 Å². The van der Waals surface area contributed by atoms with Crippen molar-refractivity contribution in [2.24, 2.45) is 22.5 Å². The molecule has 20 heavy (non-hydrogen) atoms. The van der Waals surface area contributed by atoms with Crippen molar-refractivity contribution in [3.8, 4) is 0 Å². The summed E-state index contributed by atoms with van der Waals surface area (Å²) in [5.41, 5.74) is 6.87. The summed E-state index contributed by atoms with van der Waals surface area (Å²) in [6.45, 7) is 10.5. The quantitative estimate of drug-likeness (QED) is 0.822. The van der Waals surface area contributed by atoms with Crippen LogP contribution in [0.15, 0.2) is 11.3 Å².